The molecule has 82 valence electrons. The van der Waals surface area contributed by atoms with Crippen LogP contribution in [0.15, 0.2) is 0 Å². The van der Waals surface area contributed by atoms with Gasteiger partial charge in [-0.1, -0.05) is 26.7 Å². The van der Waals surface area contributed by atoms with E-state index in [0.717, 1.165) is 25.0 Å². The number of aliphatic carboxylic acids is 1. The third-order valence-electron chi connectivity index (χ3n) is 2.91. The van der Waals surface area contributed by atoms with Gasteiger partial charge in [-0.15, -0.1) is 11.8 Å². The van der Waals surface area contributed by atoms with Crippen molar-refractivity contribution in [3.63, 3.8) is 0 Å². The molecule has 14 heavy (non-hydrogen) atoms. The van der Waals surface area contributed by atoms with Gasteiger partial charge in [-0.2, -0.15) is 0 Å². The lowest BCUT2D eigenvalue weighted by atomic mass is 9.72. The highest BCUT2D eigenvalue weighted by Crippen LogP contribution is 2.50. The molecule has 0 heterocycles. The van der Waals surface area contributed by atoms with Crippen molar-refractivity contribution in [1.82, 2.24) is 0 Å². The first-order chi connectivity index (χ1) is 6.64. The van der Waals surface area contributed by atoms with E-state index in [9.17, 15) is 9.90 Å². The van der Waals surface area contributed by atoms with Crippen LogP contribution < -0.4 is 0 Å². The van der Waals surface area contributed by atoms with E-state index in [0.29, 0.717) is 5.92 Å². The summed E-state index contributed by atoms with van der Waals surface area (Å²) >= 11 is 1.65. The molecule has 0 aromatic rings. The lowest BCUT2D eigenvalue weighted by molar-refractivity contribution is -0.143. The lowest BCUT2D eigenvalue weighted by Crippen LogP contribution is -2.47. The predicted molar refractivity (Wildman–Crippen MR) is 60.7 cm³/mol. The first-order valence-corrected chi connectivity index (χ1v) is 6.50. The van der Waals surface area contributed by atoms with Crippen LogP contribution in [0.4, 0.5) is 0 Å². The van der Waals surface area contributed by atoms with Gasteiger partial charge in [0.2, 0.25) is 0 Å². The average molecular weight is 216 g/mol. The summed E-state index contributed by atoms with van der Waals surface area (Å²) in [6.45, 7) is 4.27. The standard InChI is InChI=1S/C11H20O2S/c1-3-5-9-7-11(8-9,10(12)13)14-6-4-2/h9H,3-8H2,1-2H3,(H,12,13). The highest BCUT2D eigenvalue weighted by Gasteiger charge is 2.49. The van der Waals surface area contributed by atoms with Gasteiger partial charge in [0, 0.05) is 0 Å². The summed E-state index contributed by atoms with van der Waals surface area (Å²) in [5, 5.41) is 9.18. The van der Waals surface area contributed by atoms with Crippen molar-refractivity contribution in [1.29, 1.82) is 0 Å². The molecule has 0 unspecified atom stereocenters. The number of rotatable bonds is 6. The van der Waals surface area contributed by atoms with Crippen molar-refractivity contribution in [2.45, 2.75) is 50.7 Å². The van der Waals surface area contributed by atoms with E-state index in [2.05, 4.69) is 13.8 Å². The molecule has 0 radical (unpaired) electrons. The smallest absolute Gasteiger partial charge is 0.319 e. The van der Waals surface area contributed by atoms with Crippen molar-refractivity contribution in [3.8, 4) is 0 Å². The van der Waals surface area contributed by atoms with Gasteiger partial charge < -0.3 is 5.11 Å². The summed E-state index contributed by atoms with van der Waals surface area (Å²) in [5.74, 6) is 1.05. The summed E-state index contributed by atoms with van der Waals surface area (Å²) in [7, 11) is 0. The summed E-state index contributed by atoms with van der Waals surface area (Å²) in [6.07, 6.45) is 5.22. The van der Waals surface area contributed by atoms with Gasteiger partial charge in [-0.05, 0) is 30.9 Å². The van der Waals surface area contributed by atoms with Crippen LogP contribution >= 0.6 is 11.8 Å². The van der Waals surface area contributed by atoms with Crippen molar-refractivity contribution in [2.24, 2.45) is 5.92 Å². The molecule has 0 bridgehead atoms. The maximum Gasteiger partial charge on any atom is 0.319 e. The molecule has 1 saturated carbocycles. The molecular formula is C11H20O2S. The Labute approximate surface area is 90.5 Å². The molecule has 0 amide bonds. The Morgan fingerprint density at radius 1 is 1.43 bits per heavy atom. The van der Waals surface area contributed by atoms with Gasteiger partial charge in [-0.25, -0.2) is 0 Å². The Morgan fingerprint density at radius 2 is 2.07 bits per heavy atom. The van der Waals surface area contributed by atoms with E-state index in [4.69, 9.17) is 0 Å². The second-order valence-corrected chi connectivity index (χ2v) is 5.69. The third-order valence-corrected chi connectivity index (χ3v) is 4.58. The van der Waals surface area contributed by atoms with Gasteiger partial charge in [0.05, 0.1) is 0 Å². The number of carboxylic acids is 1. The number of hydrogen-bond acceptors (Lipinski definition) is 2. The molecule has 0 aliphatic heterocycles. The Balaban J connectivity index is 2.40. The molecule has 1 N–H and O–H groups in total. The van der Waals surface area contributed by atoms with Crippen LogP contribution in [0.3, 0.4) is 0 Å². The molecule has 1 fully saturated rings. The van der Waals surface area contributed by atoms with Crippen molar-refractivity contribution < 1.29 is 9.90 Å². The second kappa shape index (κ2) is 5.06. The van der Waals surface area contributed by atoms with Gasteiger partial charge >= 0.3 is 5.97 Å². The first-order valence-electron chi connectivity index (χ1n) is 5.52. The van der Waals surface area contributed by atoms with Crippen LogP contribution in [0, 0.1) is 5.92 Å². The average Bonchev–Trinajstić information content (AvgIpc) is 2.08. The molecule has 3 heteroatoms. The molecule has 1 rings (SSSR count). The zero-order valence-corrected chi connectivity index (χ0v) is 9.90. The maximum absolute atomic E-state index is 11.1. The molecule has 0 atom stereocenters. The van der Waals surface area contributed by atoms with E-state index in [1.54, 1.807) is 11.8 Å². The fourth-order valence-corrected chi connectivity index (χ4v) is 3.56. The van der Waals surface area contributed by atoms with Gasteiger partial charge in [-0.3, -0.25) is 4.79 Å². The minimum atomic E-state index is -0.594. The van der Waals surface area contributed by atoms with Gasteiger partial charge in [0.15, 0.2) is 0 Å². The van der Waals surface area contributed by atoms with Crippen molar-refractivity contribution in [2.75, 3.05) is 5.75 Å². The van der Waals surface area contributed by atoms with Crippen LogP contribution in [0.25, 0.3) is 0 Å². The Kier molecular flexibility index (Phi) is 4.30. The number of carboxylic acid groups (broad SMARTS) is 1. The zero-order chi connectivity index (χ0) is 10.6. The van der Waals surface area contributed by atoms with E-state index in [-0.39, 0.29) is 0 Å². The highest BCUT2D eigenvalue weighted by atomic mass is 32.2. The molecule has 0 aromatic heterocycles. The van der Waals surface area contributed by atoms with Crippen LogP contribution in [0.2, 0.25) is 0 Å². The maximum atomic E-state index is 11.1. The fraction of sp³-hybridized carbons (Fsp3) is 0.909. The summed E-state index contributed by atoms with van der Waals surface area (Å²) in [4.78, 5) is 11.1. The SMILES string of the molecule is CCCSC1(C(=O)O)CC(CCC)C1. The van der Waals surface area contributed by atoms with Crippen LogP contribution in [0.1, 0.15) is 46.0 Å². The van der Waals surface area contributed by atoms with Crippen LogP contribution in [0.5, 0.6) is 0 Å². The monoisotopic (exact) mass is 216 g/mol. The quantitative estimate of drug-likeness (QED) is 0.741. The number of carbonyl (C=O) groups is 1. The summed E-state index contributed by atoms with van der Waals surface area (Å²) in [6, 6.07) is 0. The number of hydrogen-bond donors (Lipinski definition) is 1. The lowest BCUT2D eigenvalue weighted by Gasteiger charge is -2.44. The molecule has 0 spiro atoms. The first kappa shape index (κ1) is 11.9. The normalized spacial score (nSPS) is 31.1. The third kappa shape index (κ3) is 2.44. The molecule has 1 aliphatic carbocycles. The summed E-state index contributed by atoms with van der Waals surface area (Å²) in [5.41, 5.74) is 0. The Bertz CT molecular complexity index is 197. The number of thioether (sulfide) groups is 1. The molecular weight excluding hydrogens is 196 g/mol. The Hall–Kier alpha value is -0.180. The zero-order valence-electron chi connectivity index (χ0n) is 9.08. The second-order valence-electron chi connectivity index (χ2n) is 4.21. The van der Waals surface area contributed by atoms with Gasteiger partial charge in [0.25, 0.3) is 0 Å². The van der Waals surface area contributed by atoms with Crippen LogP contribution in [-0.4, -0.2) is 21.6 Å². The van der Waals surface area contributed by atoms with E-state index >= 15 is 0 Å². The predicted octanol–water partition coefficient (Wildman–Crippen LogP) is 3.16. The molecule has 0 aromatic carbocycles. The largest absolute Gasteiger partial charge is 0.480 e. The molecule has 2 nitrogen and oxygen atoms in total. The Morgan fingerprint density at radius 3 is 2.50 bits per heavy atom. The van der Waals surface area contributed by atoms with E-state index < -0.39 is 10.7 Å². The summed E-state index contributed by atoms with van der Waals surface area (Å²) < 4.78 is -0.421. The van der Waals surface area contributed by atoms with Crippen molar-refractivity contribution >= 4 is 17.7 Å². The highest BCUT2D eigenvalue weighted by molar-refractivity contribution is 8.01. The fourth-order valence-electron chi connectivity index (χ4n) is 2.14. The van der Waals surface area contributed by atoms with E-state index in [1.807, 2.05) is 0 Å². The van der Waals surface area contributed by atoms with Crippen LogP contribution in [-0.2, 0) is 4.79 Å². The minimum absolute atomic E-state index is 0.421. The molecule has 1 aliphatic rings. The van der Waals surface area contributed by atoms with E-state index in [1.165, 1.54) is 12.8 Å². The van der Waals surface area contributed by atoms with Crippen molar-refractivity contribution in [3.05, 3.63) is 0 Å². The van der Waals surface area contributed by atoms with Gasteiger partial charge in [0.1, 0.15) is 4.75 Å². The topological polar surface area (TPSA) is 37.3 Å². The minimum Gasteiger partial charge on any atom is -0.480 e. The molecule has 0 saturated heterocycles.